The van der Waals surface area contributed by atoms with Gasteiger partial charge in [-0.15, -0.1) is 6.58 Å². The van der Waals surface area contributed by atoms with Crippen LogP contribution in [0.3, 0.4) is 0 Å². The van der Waals surface area contributed by atoms with Crippen molar-refractivity contribution in [3.8, 4) is 0 Å². The molecule has 166 valence electrons. The van der Waals surface area contributed by atoms with Crippen molar-refractivity contribution < 1.29 is 9.59 Å². The SMILES string of the molecule is C=CCN1C(=O)C(c2ccc(C)cc2C)=C(N2CCN(c3cccc(C)c3C)CC2)C1=O. The summed E-state index contributed by atoms with van der Waals surface area (Å²) in [7, 11) is 0. The second-order valence-corrected chi connectivity index (χ2v) is 8.74. The summed E-state index contributed by atoms with van der Waals surface area (Å²) in [6, 6.07) is 12.4. The van der Waals surface area contributed by atoms with Crippen molar-refractivity contribution >= 4 is 23.1 Å². The van der Waals surface area contributed by atoms with Crippen molar-refractivity contribution in [2.45, 2.75) is 27.7 Å². The molecule has 2 aromatic rings. The summed E-state index contributed by atoms with van der Waals surface area (Å²) >= 11 is 0. The molecule has 0 atom stereocenters. The van der Waals surface area contributed by atoms with Crippen LogP contribution in [0.1, 0.15) is 27.8 Å². The maximum atomic E-state index is 13.4. The Morgan fingerprint density at radius 3 is 2.22 bits per heavy atom. The molecule has 1 saturated heterocycles. The number of nitrogens with zero attached hydrogens (tertiary/aromatic N) is 3. The molecule has 0 spiro atoms. The number of amides is 2. The molecule has 2 amide bonds. The van der Waals surface area contributed by atoms with E-state index in [-0.39, 0.29) is 18.4 Å². The minimum absolute atomic E-state index is 0.218. The number of imide groups is 1. The van der Waals surface area contributed by atoms with E-state index in [4.69, 9.17) is 0 Å². The third-order valence-electron chi connectivity index (χ3n) is 6.62. The molecule has 2 aliphatic heterocycles. The van der Waals surface area contributed by atoms with Gasteiger partial charge in [0.05, 0.1) is 5.57 Å². The van der Waals surface area contributed by atoms with Gasteiger partial charge in [0.2, 0.25) is 0 Å². The van der Waals surface area contributed by atoms with Crippen LogP contribution in [0.4, 0.5) is 5.69 Å². The third-order valence-corrected chi connectivity index (χ3v) is 6.62. The summed E-state index contributed by atoms with van der Waals surface area (Å²) in [5, 5.41) is 0. The number of benzene rings is 2. The molecule has 1 fully saturated rings. The highest BCUT2D eigenvalue weighted by Gasteiger charge is 2.42. The summed E-state index contributed by atoms with van der Waals surface area (Å²) in [5.41, 5.74) is 7.85. The second kappa shape index (κ2) is 8.65. The van der Waals surface area contributed by atoms with Crippen LogP contribution in [0.2, 0.25) is 0 Å². The van der Waals surface area contributed by atoms with E-state index >= 15 is 0 Å². The zero-order valence-corrected chi connectivity index (χ0v) is 19.4. The Kier molecular flexibility index (Phi) is 5.92. The molecule has 2 heterocycles. The van der Waals surface area contributed by atoms with E-state index in [0.717, 1.165) is 29.8 Å². The molecule has 5 nitrogen and oxygen atoms in total. The standard InChI is InChI=1S/C27H31N3O2/c1-6-12-30-26(31)24(22-11-10-18(2)17-20(22)4)25(27(30)32)29-15-13-28(14-16-29)23-9-7-8-19(3)21(23)5/h6-11,17H,1,12-16H2,2-5H3. The zero-order valence-electron chi connectivity index (χ0n) is 19.4. The van der Waals surface area contributed by atoms with Crippen molar-refractivity contribution in [1.82, 2.24) is 9.80 Å². The molecule has 0 radical (unpaired) electrons. The molecule has 0 N–H and O–H groups in total. The Morgan fingerprint density at radius 1 is 0.875 bits per heavy atom. The normalized spacial score (nSPS) is 16.9. The van der Waals surface area contributed by atoms with Crippen LogP contribution in [0.15, 0.2) is 54.8 Å². The molecular formula is C27H31N3O2. The average Bonchev–Trinajstić information content (AvgIpc) is 3.01. The van der Waals surface area contributed by atoms with Gasteiger partial charge in [0, 0.05) is 38.4 Å². The molecule has 0 bridgehead atoms. The van der Waals surface area contributed by atoms with Crippen molar-refractivity contribution in [3.05, 3.63) is 82.6 Å². The Morgan fingerprint density at radius 2 is 1.56 bits per heavy atom. The lowest BCUT2D eigenvalue weighted by Crippen LogP contribution is -2.47. The Balaban J connectivity index is 1.68. The van der Waals surface area contributed by atoms with E-state index in [1.54, 1.807) is 6.08 Å². The van der Waals surface area contributed by atoms with E-state index in [1.807, 2.05) is 26.0 Å². The zero-order chi connectivity index (χ0) is 23.0. The smallest absolute Gasteiger partial charge is 0.278 e. The van der Waals surface area contributed by atoms with E-state index in [0.29, 0.717) is 24.4 Å². The highest BCUT2D eigenvalue weighted by atomic mass is 16.2. The average molecular weight is 430 g/mol. The molecule has 5 heteroatoms. The van der Waals surface area contributed by atoms with Crippen molar-refractivity contribution in [1.29, 1.82) is 0 Å². The van der Waals surface area contributed by atoms with Crippen LogP contribution < -0.4 is 4.90 Å². The number of carbonyl (C=O) groups excluding carboxylic acids is 2. The van der Waals surface area contributed by atoms with E-state index in [9.17, 15) is 9.59 Å². The van der Waals surface area contributed by atoms with Gasteiger partial charge in [0.25, 0.3) is 11.8 Å². The number of hydrogen-bond acceptors (Lipinski definition) is 4. The van der Waals surface area contributed by atoms with Gasteiger partial charge >= 0.3 is 0 Å². The summed E-state index contributed by atoms with van der Waals surface area (Å²) in [6.45, 7) is 15.3. The van der Waals surface area contributed by atoms with Crippen molar-refractivity contribution in [2.24, 2.45) is 0 Å². The van der Waals surface area contributed by atoms with Crippen LogP contribution in [-0.4, -0.2) is 54.3 Å². The van der Waals surface area contributed by atoms with Gasteiger partial charge < -0.3 is 9.80 Å². The molecule has 4 rings (SSSR count). The quantitative estimate of drug-likeness (QED) is 0.532. The fraction of sp³-hybridized carbons (Fsp3) is 0.333. The first-order chi connectivity index (χ1) is 15.3. The third kappa shape index (κ3) is 3.72. The van der Waals surface area contributed by atoms with Gasteiger partial charge in [-0.1, -0.05) is 42.0 Å². The number of piperazine rings is 1. The molecule has 2 aliphatic rings. The Bertz CT molecular complexity index is 1120. The van der Waals surface area contributed by atoms with Crippen LogP contribution in [0, 0.1) is 27.7 Å². The van der Waals surface area contributed by atoms with Gasteiger partial charge in [0.15, 0.2) is 0 Å². The first kappa shape index (κ1) is 21.9. The Hall–Kier alpha value is -3.34. The summed E-state index contributed by atoms with van der Waals surface area (Å²) < 4.78 is 0. The summed E-state index contributed by atoms with van der Waals surface area (Å²) in [5.74, 6) is -0.445. The van der Waals surface area contributed by atoms with Crippen LogP contribution in [-0.2, 0) is 9.59 Å². The molecule has 0 saturated carbocycles. The minimum atomic E-state index is -0.228. The Labute approximate surface area is 190 Å². The number of rotatable bonds is 5. The molecule has 2 aromatic carbocycles. The lowest BCUT2D eigenvalue weighted by Gasteiger charge is -2.38. The van der Waals surface area contributed by atoms with Crippen molar-refractivity contribution in [3.63, 3.8) is 0 Å². The summed E-state index contributed by atoms with van der Waals surface area (Å²) in [4.78, 5) is 32.5. The fourth-order valence-electron chi connectivity index (χ4n) is 4.74. The predicted octanol–water partition coefficient (Wildman–Crippen LogP) is 4.01. The van der Waals surface area contributed by atoms with Gasteiger partial charge in [-0.05, 0) is 56.0 Å². The van der Waals surface area contributed by atoms with Gasteiger partial charge in [0.1, 0.15) is 5.70 Å². The molecule has 32 heavy (non-hydrogen) atoms. The lowest BCUT2D eigenvalue weighted by atomic mass is 9.97. The number of aryl methyl sites for hydroxylation is 3. The van der Waals surface area contributed by atoms with Crippen molar-refractivity contribution in [2.75, 3.05) is 37.6 Å². The fourth-order valence-corrected chi connectivity index (χ4v) is 4.74. The minimum Gasteiger partial charge on any atom is -0.368 e. The van der Waals surface area contributed by atoms with Gasteiger partial charge in [-0.2, -0.15) is 0 Å². The maximum Gasteiger partial charge on any atom is 0.278 e. The number of carbonyl (C=O) groups is 2. The highest BCUT2D eigenvalue weighted by Crippen LogP contribution is 2.34. The van der Waals surface area contributed by atoms with Crippen LogP contribution in [0.25, 0.3) is 5.57 Å². The molecule has 0 aromatic heterocycles. The van der Waals surface area contributed by atoms with Gasteiger partial charge in [-0.25, -0.2) is 0 Å². The van der Waals surface area contributed by atoms with Crippen LogP contribution in [0.5, 0.6) is 0 Å². The molecule has 0 unspecified atom stereocenters. The first-order valence-corrected chi connectivity index (χ1v) is 11.2. The van der Waals surface area contributed by atoms with E-state index in [1.165, 1.54) is 21.7 Å². The number of hydrogen-bond donors (Lipinski definition) is 0. The number of anilines is 1. The van der Waals surface area contributed by atoms with E-state index in [2.05, 4.69) is 54.5 Å². The topological polar surface area (TPSA) is 43.9 Å². The van der Waals surface area contributed by atoms with E-state index < -0.39 is 0 Å². The monoisotopic (exact) mass is 429 g/mol. The van der Waals surface area contributed by atoms with Crippen LogP contribution >= 0.6 is 0 Å². The molecule has 0 aliphatic carbocycles. The lowest BCUT2D eigenvalue weighted by molar-refractivity contribution is -0.136. The van der Waals surface area contributed by atoms with Gasteiger partial charge in [-0.3, -0.25) is 14.5 Å². The highest BCUT2D eigenvalue weighted by molar-refractivity contribution is 6.35. The summed E-state index contributed by atoms with van der Waals surface area (Å²) in [6.07, 6.45) is 1.61. The first-order valence-electron chi connectivity index (χ1n) is 11.2. The second-order valence-electron chi connectivity index (χ2n) is 8.74. The predicted molar refractivity (Wildman–Crippen MR) is 129 cm³/mol. The largest absolute Gasteiger partial charge is 0.368 e. The molecular weight excluding hydrogens is 398 g/mol. The maximum absolute atomic E-state index is 13.4.